The van der Waals surface area contributed by atoms with Crippen LogP contribution in [-0.2, 0) is 0 Å². The highest BCUT2D eigenvalue weighted by Gasteiger charge is 1.88. The fourth-order valence-electron chi connectivity index (χ4n) is 0.806. The lowest BCUT2D eigenvalue weighted by Gasteiger charge is -2.02. The van der Waals surface area contributed by atoms with Crippen molar-refractivity contribution in [3.05, 3.63) is 24.3 Å². The minimum Gasteiger partial charge on any atom is -0.399 e. The highest BCUT2D eigenvalue weighted by molar-refractivity contribution is 5.49. The summed E-state index contributed by atoms with van der Waals surface area (Å²) in [5.74, 6) is 0. The van der Waals surface area contributed by atoms with Gasteiger partial charge in [0, 0.05) is 24.0 Å². The summed E-state index contributed by atoms with van der Waals surface area (Å²) in [5, 5.41) is 3.21. The summed E-state index contributed by atoms with van der Waals surface area (Å²) in [4.78, 5) is 0. The van der Waals surface area contributed by atoms with Gasteiger partial charge in [-0.1, -0.05) is 6.92 Å². The number of benzene rings is 1. The highest BCUT2D eigenvalue weighted by Crippen LogP contribution is 2.08. The average Bonchev–Trinajstić information content (AvgIpc) is 2.04. The lowest BCUT2D eigenvalue weighted by molar-refractivity contribution is 0.979. The predicted molar refractivity (Wildman–Crippen MR) is 48.5 cm³/mol. The summed E-state index contributed by atoms with van der Waals surface area (Å²) < 4.78 is 0. The molecule has 0 fully saturated rings. The van der Waals surface area contributed by atoms with Crippen LogP contribution in [0, 0.1) is 6.07 Å². The van der Waals surface area contributed by atoms with Crippen molar-refractivity contribution in [3.63, 3.8) is 0 Å². The molecule has 1 rings (SSSR count). The molecule has 3 N–H and O–H groups in total. The van der Waals surface area contributed by atoms with Crippen molar-refractivity contribution in [2.24, 2.45) is 0 Å². The molecule has 59 valence electrons. The molecule has 0 atom stereocenters. The topological polar surface area (TPSA) is 38.0 Å². The number of rotatable bonds is 3. The molecule has 0 bridgehead atoms. The minimum atomic E-state index is 0.757. The summed E-state index contributed by atoms with van der Waals surface area (Å²) >= 11 is 0. The molecule has 0 aliphatic rings. The highest BCUT2D eigenvalue weighted by atomic mass is 14.9. The summed E-state index contributed by atoms with van der Waals surface area (Å²) in [7, 11) is 0. The third-order valence-corrected chi connectivity index (χ3v) is 1.40. The molecule has 0 saturated heterocycles. The molecule has 0 unspecified atom stereocenters. The fraction of sp³-hybridized carbons (Fsp3) is 0.333. The maximum atomic E-state index is 5.50. The van der Waals surface area contributed by atoms with Crippen molar-refractivity contribution < 1.29 is 0 Å². The standard InChI is InChI=1S/C9H13N2/c1-2-7-11-9-5-3-8(10)4-6-9/h3-5,11H,2,7,10H2,1H3. The number of hydrogen-bond donors (Lipinski definition) is 2. The summed E-state index contributed by atoms with van der Waals surface area (Å²) in [6.07, 6.45) is 1.12. The Labute approximate surface area is 67.4 Å². The normalized spacial score (nSPS) is 9.55. The molecule has 2 nitrogen and oxygen atoms in total. The Kier molecular flexibility index (Phi) is 2.78. The SMILES string of the molecule is CCCNc1[c]cc(N)cc1. The van der Waals surface area contributed by atoms with Crippen LogP contribution in [0.15, 0.2) is 18.2 Å². The summed E-state index contributed by atoms with van der Waals surface area (Å²) in [5.41, 5.74) is 7.27. The molecule has 0 spiro atoms. The van der Waals surface area contributed by atoms with Crippen molar-refractivity contribution in [1.82, 2.24) is 0 Å². The Hall–Kier alpha value is -1.18. The molecule has 1 radical (unpaired) electrons. The zero-order valence-electron chi connectivity index (χ0n) is 6.72. The fourth-order valence-corrected chi connectivity index (χ4v) is 0.806. The first-order chi connectivity index (χ1) is 5.33. The number of anilines is 2. The van der Waals surface area contributed by atoms with Crippen LogP contribution in [0.25, 0.3) is 0 Å². The van der Waals surface area contributed by atoms with E-state index in [2.05, 4.69) is 18.3 Å². The van der Waals surface area contributed by atoms with Gasteiger partial charge in [-0.3, -0.25) is 0 Å². The van der Waals surface area contributed by atoms with Crippen LogP contribution in [0.3, 0.4) is 0 Å². The van der Waals surface area contributed by atoms with Crippen LogP contribution in [0.5, 0.6) is 0 Å². The van der Waals surface area contributed by atoms with Crippen molar-refractivity contribution >= 4 is 11.4 Å². The number of nitrogens with one attached hydrogen (secondary N) is 1. The Morgan fingerprint density at radius 1 is 1.55 bits per heavy atom. The van der Waals surface area contributed by atoms with E-state index in [9.17, 15) is 0 Å². The lowest BCUT2D eigenvalue weighted by Crippen LogP contribution is -1.99. The molecule has 1 aromatic rings. The first-order valence-electron chi connectivity index (χ1n) is 3.84. The van der Waals surface area contributed by atoms with Crippen LogP contribution >= 0.6 is 0 Å². The zero-order valence-corrected chi connectivity index (χ0v) is 6.72. The first kappa shape index (κ1) is 7.92. The number of nitrogen functional groups attached to an aromatic ring is 1. The zero-order chi connectivity index (χ0) is 8.10. The monoisotopic (exact) mass is 149 g/mol. The van der Waals surface area contributed by atoms with Gasteiger partial charge in [-0.2, -0.15) is 0 Å². The van der Waals surface area contributed by atoms with Gasteiger partial charge >= 0.3 is 0 Å². The van der Waals surface area contributed by atoms with Gasteiger partial charge in [0.25, 0.3) is 0 Å². The van der Waals surface area contributed by atoms with Crippen LogP contribution < -0.4 is 11.1 Å². The van der Waals surface area contributed by atoms with Gasteiger partial charge in [0.2, 0.25) is 0 Å². The van der Waals surface area contributed by atoms with Gasteiger partial charge in [0.05, 0.1) is 0 Å². The molecule has 0 heterocycles. The van der Waals surface area contributed by atoms with E-state index in [4.69, 9.17) is 5.73 Å². The molecule has 1 aromatic carbocycles. The molecular formula is C9H13N2. The Morgan fingerprint density at radius 2 is 2.36 bits per heavy atom. The first-order valence-corrected chi connectivity index (χ1v) is 3.84. The molecule has 0 aromatic heterocycles. The Bertz CT molecular complexity index is 203. The largest absolute Gasteiger partial charge is 0.399 e. The van der Waals surface area contributed by atoms with E-state index >= 15 is 0 Å². The van der Waals surface area contributed by atoms with Gasteiger partial charge in [0.15, 0.2) is 0 Å². The second kappa shape index (κ2) is 3.86. The second-order valence-electron chi connectivity index (χ2n) is 2.46. The van der Waals surface area contributed by atoms with Crippen molar-refractivity contribution in [1.29, 1.82) is 0 Å². The Balaban J connectivity index is 2.52. The molecule has 0 saturated carbocycles. The van der Waals surface area contributed by atoms with E-state index in [-0.39, 0.29) is 0 Å². The van der Waals surface area contributed by atoms with E-state index in [0.29, 0.717) is 0 Å². The molecule has 0 amide bonds. The van der Waals surface area contributed by atoms with Crippen molar-refractivity contribution in [2.45, 2.75) is 13.3 Å². The minimum absolute atomic E-state index is 0.757. The molecular weight excluding hydrogens is 136 g/mol. The van der Waals surface area contributed by atoms with Gasteiger partial charge in [-0.15, -0.1) is 0 Å². The van der Waals surface area contributed by atoms with Crippen molar-refractivity contribution in [3.8, 4) is 0 Å². The van der Waals surface area contributed by atoms with Crippen LogP contribution in [0.1, 0.15) is 13.3 Å². The molecule has 11 heavy (non-hydrogen) atoms. The maximum absolute atomic E-state index is 5.50. The molecule has 2 heteroatoms. The maximum Gasteiger partial charge on any atom is 0.0422 e. The van der Waals surface area contributed by atoms with E-state index in [1.54, 1.807) is 6.07 Å². The van der Waals surface area contributed by atoms with Crippen LogP contribution in [-0.4, -0.2) is 6.54 Å². The average molecular weight is 149 g/mol. The smallest absolute Gasteiger partial charge is 0.0422 e. The van der Waals surface area contributed by atoms with Crippen LogP contribution in [0.2, 0.25) is 0 Å². The van der Waals surface area contributed by atoms with E-state index < -0.39 is 0 Å². The third-order valence-electron chi connectivity index (χ3n) is 1.40. The van der Waals surface area contributed by atoms with Gasteiger partial charge in [-0.25, -0.2) is 0 Å². The number of nitrogens with two attached hydrogens (primary N) is 1. The second-order valence-corrected chi connectivity index (χ2v) is 2.46. The quantitative estimate of drug-likeness (QED) is 0.644. The molecule has 0 aliphatic carbocycles. The van der Waals surface area contributed by atoms with Gasteiger partial charge < -0.3 is 11.1 Å². The molecule has 0 aliphatic heterocycles. The summed E-state index contributed by atoms with van der Waals surface area (Å²) in [6, 6.07) is 8.62. The van der Waals surface area contributed by atoms with Gasteiger partial charge in [-0.05, 0) is 24.6 Å². The third kappa shape index (κ3) is 2.50. The van der Waals surface area contributed by atoms with Crippen LogP contribution in [0.4, 0.5) is 11.4 Å². The Morgan fingerprint density at radius 3 is 2.91 bits per heavy atom. The summed E-state index contributed by atoms with van der Waals surface area (Å²) in [6.45, 7) is 3.12. The van der Waals surface area contributed by atoms with E-state index in [1.807, 2.05) is 12.1 Å². The van der Waals surface area contributed by atoms with Crippen molar-refractivity contribution in [2.75, 3.05) is 17.6 Å². The predicted octanol–water partition coefficient (Wildman–Crippen LogP) is 1.89. The van der Waals surface area contributed by atoms with E-state index in [1.165, 1.54) is 0 Å². The van der Waals surface area contributed by atoms with E-state index in [0.717, 1.165) is 24.3 Å². The number of hydrogen-bond acceptors (Lipinski definition) is 2. The van der Waals surface area contributed by atoms with Gasteiger partial charge in [0.1, 0.15) is 0 Å². The lowest BCUT2D eigenvalue weighted by atomic mass is 10.3.